The average Bonchev–Trinajstić information content (AvgIpc) is 3.18. The van der Waals surface area contributed by atoms with Gasteiger partial charge in [0, 0.05) is 6.54 Å². The molecule has 3 rings (SSSR count). The summed E-state index contributed by atoms with van der Waals surface area (Å²) in [7, 11) is 0. The molecule has 0 atom stereocenters. The zero-order valence-electron chi connectivity index (χ0n) is 13.0. The zero-order valence-corrected chi connectivity index (χ0v) is 13.9. The first-order valence-electron chi connectivity index (χ1n) is 7.32. The lowest BCUT2D eigenvalue weighted by molar-refractivity contribution is -0.120. The molecule has 8 heteroatoms. The second kappa shape index (κ2) is 6.91. The van der Waals surface area contributed by atoms with Gasteiger partial charge in [-0.05, 0) is 30.9 Å². The van der Waals surface area contributed by atoms with Gasteiger partial charge in [0.2, 0.25) is 12.7 Å². The van der Waals surface area contributed by atoms with E-state index in [9.17, 15) is 4.79 Å². The molecule has 0 aliphatic carbocycles. The molecule has 1 aliphatic heterocycles. The largest absolute Gasteiger partial charge is 0.454 e. The Morgan fingerprint density at radius 2 is 2.17 bits per heavy atom. The molecule has 7 nitrogen and oxygen atoms in total. The lowest BCUT2D eigenvalue weighted by atomic mass is 10.1. The summed E-state index contributed by atoms with van der Waals surface area (Å²) in [5.74, 6) is 2.09. The molecule has 23 heavy (non-hydrogen) atoms. The topological polar surface area (TPSA) is 78.3 Å². The molecule has 0 saturated carbocycles. The van der Waals surface area contributed by atoms with Gasteiger partial charge in [-0.25, -0.2) is 0 Å². The molecule has 0 bridgehead atoms. The Morgan fingerprint density at radius 3 is 2.96 bits per heavy atom. The maximum absolute atomic E-state index is 12.1. The van der Waals surface area contributed by atoms with Gasteiger partial charge in [0.15, 0.2) is 22.5 Å². The molecule has 1 N–H and O–H groups in total. The number of ether oxygens (including phenoxy) is 2. The van der Waals surface area contributed by atoms with Gasteiger partial charge in [0.1, 0.15) is 0 Å². The van der Waals surface area contributed by atoms with Crippen LogP contribution in [0.1, 0.15) is 18.3 Å². The molecule has 1 aliphatic rings. The molecule has 0 radical (unpaired) electrons. The molecule has 0 fully saturated rings. The summed E-state index contributed by atoms with van der Waals surface area (Å²) in [4.78, 5) is 12.1. The molecule has 1 aromatic carbocycles. The van der Waals surface area contributed by atoms with Crippen LogP contribution in [-0.2, 0) is 24.3 Å². The molecule has 122 valence electrons. The van der Waals surface area contributed by atoms with E-state index in [0.29, 0.717) is 12.3 Å². The van der Waals surface area contributed by atoms with Crippen molar-refractivity contribution in [3.8, 4) is 11.5 Å². The first kappa shape index (κ1) is 15.7. The van der Waals surface area contributed by atoms with Gasteiger partial charge in [0.25, 0.3) is 0 Å². The van der Waals surface area contributed by atoms with Crippen molar-refractivity contribution < 1.29 is 14.3 Å². The zero-order chi connectivity index (χ0) is 16.2. The number of hydrogen-bond donors (Lipinski definition) is 1. The minimum absolute atomic E-state index is 0.0692. The number of fused-ring (bicyclic) bond motifs is 1. The third-order valence-corrected chi connectivity index (χ3v) is 4.20. The molecule has 2 heterocycles. The van der Waals surface area contributed by atoms with E-state index in [1.807, 2.05) is 35.9 Å². The summed E-state index contributed by atoms with van der Waals surface area (Å²) >= 11 is 1.54. The fraction of sp³-hybridized carbons (Fsp3) is 0.400. The number of carbonyl (C=O) groups excluding carboxylic acids is 1. The third-order valence-electron chi connectivity index (χ3n) is 3.54. The molecule has 1 amide bonds. The van der Waals surface area contributed by atoms with Gasteiger partial charge in [-0.2, -0.15) is 0 Å². The second-order valence-electron chi connectivity index (χ2n) is 4.99. The Hall–Kier alpha value is -2.22. The summed E-state index contributed by atoms with van der Waals surface area (Å²) in [5.41, 5.74) is 0.883. The van der Waals surface area contributed by atoms with Gasteiger partial charge >= 0.3 is 0 Å². The summed E-state index contributed by atoms with van der Waals surface area (Å²) in [6.45, 7) is 3.40. The molecule has 0 spiro atoms. The molecular weight excluding hydrogens is 316 g/mol. The van der Waals surface area contributed by atoms with Crippen molar-refractivity contribution in [2.24, 2.45) is 0 Å². The van der Waals surface area contributed by atoms with E-state index >= 15 is 0 Å². The number of carbonyl (C=O) groups is 1. The standard InChI is InChI=1S/C15H18N4O3S/c1-3-19-13(17-18-15(19)23-2)8-16-14(20)7-10-4-5-11-12(6-10)22-9-21-11/h4-6H,3,7-9H2,1-2H3,(H,16,20). The van der Waals surface area contributed by atoms with Crippen molar-refractivity contribution in [3.63, 3.8) is 0 Å². The minimum Gasteiger partial charge on any atom is -0.454 e. The highest BCUT2D eigenvalue weighted by Crippen LogP contribution is 2.32. The van der Waals surface area contributed by atoms with Crippen LogP contribution in [0.25, 0.3) is 0 Å². The van der Waals surface area contributed by atoms with E-state index in [0.717, 1.165) is 28.8 Å². The number of nitrogens with zero attached hydrogens (tertiary/aromatic N) is 3. The Balaban J connectivity index is 1.58. The number of aromatic nitrogens is 3. The predicted octanol–water partition coefficient (Wildman–Crippen LogP) is 1.61. The highest BCUT2D eigenvalue weighted by Gasteiger charge is 2.15. The summed E-state index contributed by atoms with van der Waals surface area (Å²) in [5, 5.41) is 12.0. The van der Waals surface area contributed by atoms with E-state index in [2.05, 4.69) is 15.5 Å². The van der Waals surface area contributed by atoms with Crippen LogP contribution in [0.5, 0.6) is 11.5 Å². The fourth-order valence-corrected chi connectivity index (χ4v) is 2.97. The normalized spacial score (nSPS) is 12.4. The molecule has 0 saturated heterocycles. The monoisotopic (exact) mass is 334 g/mol. The first-order valence-corrected chi connectivity index (χ1v) is 8.55. The fourth-order valence-electron chi connectivity index (χ4n) is 2.39. The van der Waals surface area contributed by atoms with Crippen molar-refractivity contribution in [3.05, 3.63) is 29.6 Å². The van der Waals surface area contributed by atoms with E-state index in [1.54, 1.807) is 0 Å². The third kappa shape index (κ3) is 3.42. The highest BCUT2D eigenvalue weighted by atomic mass is 32.2. The maximum Gasteiger partial charge on any atom is 0.231 e. The van der Waals surface area contributed by atoms with Gasteiger partial charge in [-0.1, -0.05) is 17.8 Å². The van der Waals surface area contributed by atoms with Crippen LogP contribution in [-0.4, -0.2) is 33.7 Å². The summed E-state index contributed by atoms with van der Waals surface area (Å²) in [6, 6.07) is 5.53. The Labute approximate surface area is 138 Å². The quantitative estimate of drug-likeness (QED) is 0.809. The number of thioether (sulfide) groups is 1. The van der Waals surface area contributed by atoms with Crippen LogP contribution < -0.4 is 14.8 Å². The first-order chi connectivity index (χ1) is 11.2. The summed E-state index contributed by atoms with van der Waals surface area (Å²) in [6.07, 6.45) is 2.24. The van der Waals surface area contributed by atoms with Crippen molar-refractivity contribution in [2.45, 2.75) is 31.6 Å². The van der Waals surface area contributed by atoms with E-state index < -0.39 is 0 Å². The Kier molecular flexibility index (Phi) is 4.71. The maximum atomic E-state index is 12.1. The van der Waals surface area contributed by atoms with E-state index in [4.69, 9.17) is 9.47 Å². The number of hydrogen-bond acceptors (Lipinski definition) is 6. The van der Waals surface area contributed by atoms with Gasteiger partial charge in [-0.15, -0.1) is 10.2 Å². The number of benzene rings is 1. The highest BCUT2D eigenvalue weighted by molar-refractivity contribution is 7.98. The van der Waals surface area contributed by atoms with Crippen LogP contribution in [0.2, 0.25) is 0 Å². The van der Waals surface area contributed by atoms with Crippen molar-refractivity contribution in [2.75, 3.05) is 13.0 Å². The van der Waals surface area contributed by atoms with E-state index in [-0.39, 0.29) is 19.1 Å². The van der Waals surface area contributed by atoms with Gasteiger partial charge in [-0.3, -0.25) is 4.79 Å². The molecule has 2 aromatic rings. The number of rotatable bonds is 6. The van der Waals surface area contributed by atoms with Crippen molar-refractivity contribution >= 4 is 17.7 Å². The molecule has 1 aromatic heterocycles. The van der Waals surface area contributed by atoms with Crippen LogP contribution in [0.3, 0.4) is 0 Å². The summed E-state index contributed by atoms with van der Waals surface area (Å²) < 4.78 is 12.6. The lowest BCUT2D eigenvalue weighted by Crippen LogP contribution is -2.26. The SMILES string of the molecule is CCn1c(CNC(=O)Cc2ccc3c(c2)OCO3)nnc1SC. The van der Waals surface area contributed by atoms with Crippen LogP contribution in [0, 0.1) is 0 Å². The Morgan fingerprint density at radius 1 is 1.35 bits per heavy atom. The number of nitrogens with one attached hydrogen (secondary N) is 1. The Bertz CT molecular complexity index is 717. The molecular formula is C15H18N4O3S. The lowest BCUT2D eigenvalue weighted by Gasteiger charge is -2.08. The van der Waals surface area contributed by atoms with Crippen molar-refractivity contribution in [1.82, 2.24) is 20.1 Å². The van der Waals surface area contributed by atoms with Gasteiger partial charge in [0.05, 0.1) is 13.0 Å². The minimum atomic E-state index is -0.0692. The van der Waals surface area contributed by atoms with Crippen LogP contribution in [0.15, 0.2) is 23.4 Å². The van der Waals surface area contributed by atoms with Gasteiger partial charge < -0.3 is 19.4 Å². The van der Waals surface area contributed by atoms with Crippen molar-refractivity contribution in [1.29, 1.82) is 0 Å². The van der Waals surface area contributed by atoms with Crippen LogP contribution >= 0.6 is 11.8 Å². The average molecular weight is 334 g/mol. The number of amides is 1. The smallest absolute Gasteiger partial charge is 0.231 e. The van der Waals surface area contributed by atoms with Crippen LogP contribution in [0.4, 0.5) is 0 Å². The predicted molar refractivity (Wildman–Crippen MR) is 85.6 cm³/mol. The van der Waals surface area contributed by atoms with E-state index in [1.165, 1.54) is 11.8 Å². The molecule has 0 unspecified atom stereocenters. The second-order valence-corrected chi connectivity index (χ2v) is 5.76.